The van der Waals surface area contributed by atoms with E-state index in [1.807, 2.05) is 36.4 Å². The molecular weight excluding hydrogens is 406 g/mol. The van der Waals surface area contributed by atoms with Gasteiger partial charge in [0.05, 0.1) is 7.11 Å². The van der Waals surface area contributed by atoms with E-state index < -0.39 is 12.1 Å². The highest BCUT2D eigenvalue weighted by molar-refractivity contribution is 5.80. The summed E-state index contributed by atoms with van der Waals surface area (Å²) in [5.41, 5.74) is 5.42. The van der Waals surface area contributed by atoms with E-state index in [0.29, 0.717) is 0 Å². The molecule has 6 nitrogen and oxygen atoms in total. The monoisotopic (exact) mass is 433 g/mol. The fourth-order valence-electron chi connectivity index (χ4n) is 3.73. The molecule has 0 radical (unpaired) electrons. The second-order valence-electron chi connectivity index (χ2n) is 7.19. The lowest BCUT2D eigenvalue weighted by Gasteiger charge is -2.14. The van der Waals surface area contributed by atoms with Crippen molar-refractivity contribution < 1.29 is 23.8 Å². The minimum absolute atomic E-state index is 0. The summed E-state index contributed by atoms with van der Waals surface area (Å²) in [7, 11) is 1.59. The minimum Gasteiger partial charge on any atom is -0.497 e. The van der Waals surface area contributed by atoms with E-state index in [1.54, 1.807) is 19.2 Å². The van der Waals surface area contributed by atoms with Crippen LogP contribution in [0.15, 0.2) is 72.8 Å². The van der Waals surface area contributed by atoms with Gasteiger partial charge in [-0.15, -0.1) is 0 Å². The third kappa shape index (κ3) is 5.09. The molecular formula is C26H27NO5. The van der Waals surface area contributed by atoms with E-state index in [9.17, 15) is 9.59 Å². The van der Waals surface area contributed by atoms with E-state index in [4.69, 9.17) is 14.2 Å². The average molecular weight is 434 g/mol. The lowest BCUT2D eigenvalue weighted by Crippen LogP contribution is -2.32. The van der Waals surface area contributed by atoms with Crippen molar-refractivity contribution in [1.29, 1.82) is 0 Å². The molecule has 0 saturated heterocycles. The molecule has 0 aromatic heterocycles. The molecule has 166 valence electrons. The van der Waals surface area contributed by atoms with Gasteiger partial charge in [0.1, 0.15) is 25.5 Å². The van der Waals surface area contributed by atoms with Gasteiger partial charge in [-0.1, -0.05) is 68.1 Å². The number of fused-ring (bicyclic) bond motifs is 3. The Bertz CT molecular complexity index is 1030. The lowest BCUT2D eigenvalue weighted by atomic mass is 9.98. The predicted molar refractivity (Wildman–Crippen MR) is 123 cm³/mol. The Morgan fingerprint density at radius 1 is 0.844 bits per heavy atom. The number of hydrogen-bond acceptors (Lipinski definition) is 5. The number of esters is 1. The van der Waals surface area contributed by atoms with E-state index in [2.05, 4.69) is 29.6 Å². The van der Waals surface area contributed by atoms with Crippen LogP contribution >= 0.6 is 0 Å². The van der Waals surface area contributed by atoms with E-state index >= 15 is 0 Å². The molecule has 0 fully saturated rings. The topological polar surface area (TPSA) is 73.9 Å². The second kappa shape index (κ2) is 10.5. The van der Waals surface area contributed by atoms with Gasteiger partial charge in [0.25, 0.3) is 0 Å². The van der Waals surface area contributed by atoms with Crippen molar-refractivity contribution in [3.8, 4) is 16.9 Å². The first kappa shape index (κ1) is 22.9. The van der Waals surface area contributed by atoms with Gasteiger partial charge in [-0.3, -0.25) is 4.79 Å². The molecule has 1 aliphatic rings. The number of alkyl carbamates (subject to hydrolysis) is 1. The number of hydrogen-bond donors (Lipinski definition) is 1. The molecule has 1 aliphatic carbocycles. The first-order chi connectivity index (χ1) is 15.2. The summed E-state index contributed by atoms with van der Waals surface area (Å²) in [6.07, 6.45) is -0.650. The van der Waals surface area contributed by atoms with Crippen LogP contribution in [0.25, 0.3) is 11.1 Å². The Morgan fingerprint density at radius 2 is 1.44 bits per heavy atom. The van der Waals surface area contributed by atoms with Crippen LogP contribution in [-0.2, 0) is 20.9 Å². The maximum Gasteiger partial charge on any atom is 0.407 e. The van der Waals surface area contributed by atoms with E-state index in [1.165, 1.54) is 0 Å². The number of nitrogens with one attached hydrogen (secondary N) is 1. The number of carbonyl (C=O) groups excluding carboxylic acids is 2. The highest BCUT2D eigenvalue weighted by Gasteiger charge is 2.29. The van der Waals surface area contributed by atoms with Gasteiger partial charge in [-0.25, -0.2) is 4.79 Å². The van der Waals surface area contributed by atoms with Crippen LogP contribution in [0.5, 0.6) is 5.75 Å². The molecule has 4 rings (SSSR count). The summed E-state index contributed by atoms with van der Waals surface area (Å²) in [5.74, 6) is 0.163. The molecule has 6 heteroatoms. The molecule has 0 saturated carbocycles. The van der Waals surface area contributed by atoms with E-state index in [-0.39, 0.29) is 33.1 Å². The SMILES string of the molecule is C.COc1ccc(COC(=O)CNC(=O)OCC2c3ccccc3-c3ccccc32)cc1. The number of amides is 1. The number of benzene rings is 3. The van der Waals surface area contributed by atoms with Crippen LogP contribution in [0.3, 0.4) is 0 Å². The van der Waals surface area contributed by atoms with Crippen LogP contribution in [-0.4, -0.2) is 32.3 Å². The van der Waals surface area contributed by atoms with Crippen molar-refractivity contribution in [3.63, 3.8) is 0 Å². The first-order valence-electron chi connectivity index (χ1n) is 10.0. The van der Waals surface area contributed by atoms with Crippen molar-refractivity contribution in [2.24, 2.45) is 0 Å². The summed E-state index contributed by atoms with van der Waals surface area (Å²) >= 11 is 0. The molecule has 0 atom stereocenters. The average Bonchev–Trinajstić information content (AvgIpc) is 3.14. The van der Waals surface area contributed by atoms with Gasteiger partial charge >= 0.3 is 12.1 Å². The zero-order chi connectivity index (χ0) is 21.6. The predicted octanol–water partition coefficient (Wildman–Crippen LogP) is 4.91. The summed E-state index contributed by atoms with van der Waals surface area (Å²) in [5, 5.41) is 2.45. The van der Waals surface area contributed by atoms with Gasteiger partial charge in [0, 0.05) is 5.92 Å². The number of rotatable bonds is 7. The summed E-state index contributed by atoms with van der Waals surface area (Å²) in [6.45, 7) is 0.0583. The summed E-state index contributed by atoms with van der Waals surface area (Å²) in [6, 6.07) is 23.4. The van der Waals surface area contributed by atoms with Crippen LogP contribution in [0.1, 0.15) is 30.0 Å². The van der Waals surface area contributed by atoms with Crippen molar-refractivity contribution in [3.05, 3.63) is 89.5 Å². The Balaban J connectivity index is 0.00000289. The number of ether oxygens (including phenoxy) is 3. The van der Waals surface area contributed by atoms with Gasteiger partial charge in [0.2, 0.25) is 0 Å². The number of carbonyl (C=O) groups is 2. The third-order valence-electron chi connectivity index (χ3n) is 5.28. The molecule has 0 spiro atoms. The largest absolute Gasteiger partial charge is 0.497 e. The van der Waals surface area contributed by atoms with Gasteiger partial charge in [0.15, 0.2) is 0 Å². The van der Waals surface area contributed by atoms with Gasteiger partial charge in [-0.2, -0.15) is 0 Å². The number of methoxy groups -OCH3 is 1. The van der Waals surface area contributed by atoms with Crippen molar-refractivity contribution in [2.45, 2.75) is 20.0 Å². The molecule has 3 aromatic carbocycles. The van der Waals surface area contributed by atoms with Crippen LogP contribution in [0.4, 0.5) is 4.79 Å². The van der Waals surface area contributed by atoms with Crippen LogP contribution in [0.2, 0.25) is 0 Å². The normalized spacial score (nSPS) is 11.5. The van der Waals surface area contributed by atoms with Gasteiger partial charge < -0.3 is 19.5 Å². The standard InChI is InChI=1S/C25H23NO5.CH4/c1-29-18-12-10-17(11-13-18)15-30-24(27)14-26-25(28)31-16-23-21-8-4-2-6-19(21)20-7-3-5-9-22(20)23;/h2-13,23H,14-16H2,1H3,(H,26,28);1H4. The molecule has 0 bridgehead atoms. The second-order valence-corrected chi connectivity index (χ2v) is 7.19. The minimum atomic E-state index is -0.650. The highest BCUT2D eigenvalue weighted by atomic mass is 16.6. The lowest BCUT2D eigenvalue weighted by molar-refractivity contribution is -0.143. The maximum atomic E-state index is 12.1. The van der Waals surface area contributed by atoms with Crippen LogP contribution in [0, 0.1) is 0 Å². The Morgan fingerprint density at radius 3 is 2.03 bits per heavy atom. The molecule has 0 heterocycles. The molecule has 0 aliphatic heterocycles. The fourth-order valence-corrected chi connectivity index (χ4v) is 3.73. The Hall–Kier alpha value is -3.80. The highest BCUT2D eigenvalue weighted by Crippen LogP contribution is 2.44. The third-order valence-corrected chi connectivity index (χ3v) is 5.28. The molecule has 32 heavy (non-hydrogen) atoms. The van der Waals surface area contributed by atoms with Crippen molar-refractivity contribution >= 4 is 12.1 Å². The van der Waals surface area contributed by atoms with Crippen LogP contribution < -0.4 is 10.1 Å². The summed E-state index contributed by atoms with van der Waals surface area (Å²) in [4.78, 5) is 24.0. The quantitative estimate of drug-likeness (QED) is 0.536. The Kier molecular flexibility index (Phi) is 7.49. The Labute approximate surface area is 188 Å². The van der Waals surface area contributed by atoms with E-state index in [0.717, 1.165) is 33.6 Å². The maximum absolute atomic E-state index is 12.1. The van der Waals surface area contributed by atoms with Crippen molar-refractivity contribution in [2.75, 3.05) is 20.3 Å². The molecule has 1 N–H and O–H groups in total. The molecule has 1 amide bonds. The smallest absolute Gasteiger partial charge is 0.407 e. The fraction of sp³-hybridized carbons (Fsp3) is 0.231. The van der Waals surface area contributed by atoms with Gasteiger partial charge in [-0.05, 0) is 39.9 Å². The van der Waals surface area contributed by atoms with Crippen molar-refractivity contribution in [1.82, 2.24) is 5.32 Å². The summed E-state index contributed by atoms with van der Waals surface area (Å²) < 4.78 is 15.7. The first-order valence-corrected chi connectivity index (χ1v) is 10.0. The molecule has 0 unspecified atom stereocenters. The zero-order valence-corrected chi connectivity index (χ0v) is 17.2. The zero-order valence-electron chi connectivity index (χ0n) is 17.2. The molecule has 3 aromatic rings.